The van der Waals surface area contributed by atoms with Crippen molar-refractivity contribution in [2.24, 2.45) is 0 Å². The van der Waals surface area contributed by atoms with Gasteiger partial charge in [0.2, 0.25) is 0 Å². The molecule has 1 aliphatic heterocycles. The molecule has 2 heterocycles. The van der Waals surface area contributed by atoms with Crippen molar-refractivity contribution in [3.05, 3.63) is 48.3 Å². The second-order valence-electron chi connectivity index (χ2n) is 5.90. The molecule has 23 heavy (non-hydrogen) atoms. The molecular weight excluding hydrogens is 294 g/mol. The highest BCUT2D eigenvalue weighted by Crippen LogP contribution is 2.18. The average molecular weight is 317 g/mol. The van der Waals surface area contributed by atoms with Gasteiger partial charge >= 0.3 is 0 Å². The summed E-state index contributed by atoms with van der Waals surface area (Å²) in [5.41, 5.74) is 2.21. The van der Waals surface area contributed by atoms with E-state index in [1.165, 1.54) is 5.56 Å². The number of hydrogen-bond donors (Lipinski definition) is 1. The maximum atomic E-state index is 10.4. The summed E-state index contributed by atoms with van der Waals surface area (Å²) in [7, 11) is 3.60. The van der Waals surface area contributed by atoms with Crippen LogP contribution >= 0.6 is 0 Å². The normalized spacial score (nSPS) is 25.0. The predicted molar refractivity (Wildman–Crippen MR) is 86.4 cm³/mol. The quantitative estimate of drug-likeness (QED) is 0.894. The zero-order valence-electron chi connectivity index (χ0n) is 13.5. The summed E-state index contributed by atoms with van der Waals surface area (Å²) >= 11 is 0. The van der Waals surface area contributed by atoms with Crippen LogP contribution in [0.5, 0.6) is 0 Å². The molecule has 0 spiro atoms. The van der Waals surface area contributed by atoms with E-state index in [4.69, 9.17) is 9.47 Å². The van der Waals surface area contributed by atoms with Crippen molar-refractivity contribution in [2.75, 3.05) is 27.4 Å². The number of benzene rings is 1. The first-order valence-electron chi connectivity index (χ1n) is 7.77. The van der Waals surface area contributed by atoms with Crippen LogP contribution in [-0.4, -0.2) is 65.4 Å². The second-order valence-corrected chi connectivity index (χ2v) is 5.90. The van der Waals surface area contributed by atoms with Crippen molar-refractivity contribution in [3.8, 4) is 5.69 Å². The summed E-state index contributed by atoms with van der Waals surface area (Å²) in [6.45, 7) is 1.70. The largest absolute Gasteiger partial charge is 0.389 e. The second kappa shape index (κ2) is 7.23. The smallest absolute Gasteiger partial charge is 0.108 e. The molecule has 0 amide bonds. The Bertz CT molecular complexity index is 600. The number of rotatable bonds is 5. The molecule has 2 aromatic rings. The van der Waals surface area contributed by atoms with Crippen LogP contribution < -0.4 is 0 Å². The van der Waals surface area contributed by atoms with Gasteiger partial charge in [-0.25, -0.2) is 4.68 Å². The number of ether oxygens (including phenoxy) is 2. The van der Waals surface area contributed by atoms with Crippen LogP contribution in [0.15, 0.2) is 42.7 Å². The molecule has 0 saturated carbocycles. The van der Waals surface area contributed by atoms with E-state index < -0.39 is 6.10 Å². The fourth-order valence-electron chi connectivity index (χ4n) is 2.93. The Morgan fingerprint density at radius 3 is 2.78 bits per heavy atom. The van der Waals surface area contributed by atoms with E-state index in [2.05, 4.69) is 22.1 Å². The third-order valence-electron chi connectivity index (χ3n) is 4.35. The predicted octanol–water partition coefficient (Wildman–Crippen LogP) is 1.08. The van der Waals surface area contributed by atoms with E-state index in [0.717, 1.165) is 12.2 Å². The van der Waals surface area contributed by atoms with Crippen LogP contribution in [0.4, 0.5) is 0 Å². The Morgan fingerprint density at radius 1 is 1.35 bits per heavy atom. The first-order valence-corrected chi connectivity index (χ1v) is 7.77. The minimum atomic E-state index is -0.540. The Labute approximate surface area is 136 Å². The zero-order valence-corrected chi connectivity index (χ0v) is 13.5. The molecule has 6 heteroatoms. The van der Waals surface area contributed by atoms with Gasteiger partial charge in [0, 0.05) is 26.0 Å². The third kappa shape index (κ3) is 3.61. The van der Waals surface area contributed by atoms with E-state index in [1.54, 1.807) is 13.3 Å². The van der Waals surface area contributed by atoms with E-state index in [0.29, 0.717) is 13.2 Å². The lowest BCUT2D eigenvalue weighted by atomic mass is 10.0. The Balaban J connectivity index is 1.64. The SMILES string of the molecule is CO[C@@H]1COC[C@@H](N(C)Cc2ccc(-n3cccn3)cc2)[C@@H]1O. The van der Waals surface area contributed by atoms with E-state index >= 15 is 0 Å². The number of aliphatic hydroxyl groups is 1. The molecule has 3 atom stereocenters. The van der Waals surface area contributed by atoms with Crippen molar-refractivity contribution in [1.29, 1.82) is 0 Å². The van der Waals surface area contributed by atoms with Gasteiger partial charge in [-0.2, -0.15) is 5.10 Å². The lowest BCUT2D eigenvalue weighted by molar-refractivity contribution is -0.142. The minimum Gasteiger partial charge on any atom is -0.389 e. The summed E-state index contributed by atoms with van der Waals surface area (Å²) in [6.07, 6.45) is 2.88. The molecule has 124 valence electrons. The van der Waals surface area contributed by atoms with Crippen molar-refractivity contribution >= 4 is 0 Å². The van der Waals surface area contributed by atoms with Gasteiger partial charge < -0.3 is 14.6 Å². The first-order chi connectivity index (χ1) is 11.2. The number of likely N-dealkylation sites (N-methyl/N-ethyl adjacent to an activating group) is 1. The minimum absolute atomic E-state index is 0.0699. The van der Waals surface area contributed by atoms with Gasteiger partial charge in [0.25, 0.3) is 0 Å². The van der Waals surface area contributed by atoms with Crippen LogP contribution in [0.3, 0.4) is 0 Å². The third-order valence-corrected chi connectivity index (χ3v) is 4.35. The van der Waals surface area contributed by atoms with Gasteiger partial charge in [0.05, 0.1) is 24.9 Å². The lowest BCUT2D eigenvalue weighted by Gasteiger charge is -2.39. The van der Waals surface area contributed by atoms with E-state index in [9.17, 15) is 5.11 Å². The van der Waals surface area contributed by atoms with Crippen molar-refractivity contribution in [1.82, 2.24) is 14.7 Å². The van der Waals surface area contributed by atoms with Crippen LogP contribution in [0.1, 0.15) is 5.56 Å². The summed E-state index contributed by atoms with van der Waals surface area (Å²) in [5, 5.41) is 14.6. The molecule has 0 unspecified atom stereocenters. The van der Waals surface area contributed by atoms with E-state index in [-0.39, 0.29) is 12.1 Å². The molecule has 3 rings (SSSR count). The molecule has 0 aliphatic carbocycles. The number of nitrogens with zero attached hydrogens (tertiary/aromatic N) is 3. The van der Waals surface area contributed by atoms with Gasteiger partial charge in [-0.15, -0.1) is 0 Å². The first kappa shape index (κ1) is 16.1. The monoisotopic (exact) mass is 317 g/mol. The highest BCUT2D eigenvalue weighted by molar-refractivity contribution is 5.33. The maximum Gasteiger partial charge on any atom is 0.108 e. The number of aliphatic hydroxyl groups excluding tert-OH is 1. The van der Waals surface area contributed by atoms with Gasteiger partial charge in [-0.05, 0) is 30.8 Å². The summed E-state index contributed by atoms with van der Waals surface area (Å²) in [5.74, 6) is 0. The molecule has 1 aromatic carbocycles. The van der Waals surface area contributed by atoms with Gasteiger partial charge in [0.1, 0.15) is 12.2 Å². The van der Waals surface area contributed by atoms with Gasteiger partial charge in [-0.1, -0.05) is 12.1 Å². The molecule has 1 N–H and O–H groups in total. The fourth-order valence-corrected chi connectivity index (χ4v) is 2.93. The highest BCUT2D eigenvalue weighted by Gasteiger charge is 2.35. The van der Waals surface area contributed by atoms with Gasteiger partial charge in [0.15, 0.2) is 0 Å². The van der Waals surface area contributed by atoms with Crippen molar-refractivity contribution < 1.29 is 14.6 Å². The Morgan fingerprint density at radius 2 is 2.13 bits per heavy atom. The molecule has 1 saturated heterocycles. The lowest BCUT2D eigenvalue weighted by Crippen LogP contribution is -2.55. The molecule has 1 fully saturated rings. The Hall–Kier alpha value is -1.73. The zero-order chi connectivity index (χ0) is 16.2. The Kier molecular flexibility index (Phi) is 5.07. The molecule has 6 nitrogen and oxygen atoms in total. The summed E-state index contributed by atoms with van der Waals surface area (Å²) in [6, 6.07) is 10.1. The van der Waals surface area contributed by atoms with Crippen LogP contribution in [0.2, 0.25) is 0 Å². The molecule has 1 aromatic heterocycles. The number of hydrogen-bond acceptors (Lipinski definition) is 5. The standard InChI is InChI=1S/C17H23N3O3/c1-19(15-11-23-12-16(22-2)17(15)21)10-13-4-6-14(7-5-13)20-9-3-8-18-20/h3-9,15-17,21H,10-12H2,1-2H3/t15-,16-,17+/m1/s1. The average Bonchev–Trinajstić information content (AvgIpc) is 3.10. The summed E-state index contributed by atoms with van der Waals surface area (Å²) in [4.78, 5) is 2.11. The van der Waals surface area contributed by atoms with Crippen LogP contribution in [-0.2, 0) is 16.0 Å². The topological polar surface area (TPSA) is 59.8 Å². The number of aromatic nitrogens is 2. The van der Waals surface area contributed by atoms with Crippen LogP contribution in [0.25, 0.3) is 5.69 Å². The summed E-state index contributed by atoms with van der Waals surface area (Å²) < 4.78 is 12.7. The van der Waals surface area contributed by atoms with Crippen molar-refractivity contribution in [3.63, 3.8) is 0 Å². The number of methoxy groups -OCH3 is 1. The molecular formula is C17H23N3O3. The molecule has 1 aliphatic rings. The molecule has 0 bridgehead atoms. The fraction of sp³-hybridized carbons (Fsp3) is 0.471. The molecule has 0 radical (unpaired) electrons. The maximum absolute atomic E-state index is 10.4. The van der Waals surface area contributed by atoms with E-state index in [1.807, 2.05) is 36.1 Å². The van der Waals surface area contributed by atoms with Gasteiger partial charge in [-0.3, -0.25) is 4.90 Å². The van der Waals surface area contributed by atoms with Crippen molar-refractivity contribution in [2.45, 2.75) is 24.8 Å². The van der Waals surface area contributed by atoms with Crippen LogP contribution in [0, 0.1) is 0 Å². The highest BCUT2D eigenvalue weighted by atomic mass is 16.5.